The summed E-state index contributed by atoms with van der Waals surface area (Å²) >= 11 is 0. The first kappa shape index (κ1) is 8.68. The van der Waals surface area contributed by atoms with E-state index in [4.69, 9.17) is 9.84 Å². The standard InChI is InChI=1S/C8H14O3/c9-5-7-1-2-8(6-10)11-4-3-7/h6-9H,1-5H2. The van der Waals surface area contributed by atoms with E-state index in [0.29, 0.717) is 12.5 Å². The van der Waals surface area contributed by atoms with Crippen LogP contribution in [-0.4, -0.2) is 30.7 Å². The van der Waals surface area contributed by atoms with E-state index in [-0.39, 0.29) is 12.7 Å². The molecule has 0 aromatic rings. The molecule has 0 aromatic carbocycles. The summed E-state index contributed by atoms with van der Waals surface area (Å²) < 4.78 is 5.20. The molecule has 11 heavy (non-hydrogen) atoms. The molecular formula is C8H14O3. The predicted octanol–water partition coefficient (Wildman–Crippen LogP) is 0.363. The molecule has 2 unspecified atom stereocenters. The molecule has 1 aliphatic heterocycles. The molecule has 3 nitrogen and oxygen atoms in total. The molecule has 0 aromatic heterocycles. The van der Waals surface area contributed by atoms with Gasteiger partial charge in [-0.25, -0.2) is 0 Å². The van der Waals surface area contributed by atoms with Gasteiger partial charge in [0.25, 0.3) is 0 Å². The van der Waals surface area contributed by atoms with Gasteiger partial charge >= 0.3 is 0 Å². The first-order valence-electron chi connectivity index (χ1n) is 4.04. The molecule has 0 bridgehead atoms. The number of carbonyl (C=O) groups is 1. The molecule has 1 fully saturated rings. The number of rotatable bonds is 2. The highest BCUT2D eigenvalue weighted by Gasteiger charge is 2.17. The molecule has 1 heterocycles. The van der Waals surface area contributed by atoms with Crippen LogP contribution in [0.2, 0.25) is 0 Å². The van der Waals surface area contributed by atoms with E-state index in [2.05, 4.69) is 0 Å². The zero-order chi connectivity index (χ0) is 8.10. The van der Waals surface area contributed by atoms with Crippen LogP contribution in [0.3, 0.4) is 0 Å². The zero-order valence-electron chi connectivity index (χ0n) is 6.53. The molecule has 0 spiro atoms. The van der Waals surface area contributed by atoms with Crippen LogP contribution in [0.4, 0.5) is 0 Å². The van der Waals surface area contributed by atoms with Gasteiger partial charge in [0.05, 0.1) is 0 Å². The largest absolute Gasteiger partial charge is 0.396 e. The topological polar surface area (TPSA) is 46.5 Å². The van der Waals surface area contributed by atoms with Crippen molar-refractivity contribution < 1.29 is 14.6 Å². The minimum Gasteiger partial charge on any atom is -0.396 e. The van der Waals surface area contributed by atoms with E-state index < -0.39 is 0 Å². The van der Waals surface area contributed by atoms with E-state index in [9.17, 15) is 4.79 Å². The first-order chi connectivity index (χ1) is 5.36. The number of hydrogen-bond acceptors (Lipinski definition) is 3. The SMILES string of the molecule is O=CC1CCC(CO)CCO1. The van der Waals surface area contributed by atoms with Crippen molar-refractivity contribution in [2.75, 3.05) is 13.2 Å². The van der Waals surface area contributed by atoms with Gasteiger partial charge in [0, 0.05) is 13.2 Å². The Morgan fingerprint density at radius 1 is 1.45 bits per heavy atom. The van der Waals surface area contributed by atoms with Crippen LogP contribution in [0.15, 0.2) is 0 Å². The summed E-state index contributed by atoms with van der Waals surface area (Å²) in [6, 6.07) is 0. The molecule has 0 aliphatic carbocycles. The zero-order valence-corrected chi connectivity index (χ0v) is 6.53. The van der Waals surface area contributed by atoms with Crippen molar-refractivity contribution in [3.05, 3.63) is 0 Å². The maximum atomic E-state index is 10.3. The van der Waals surface area contributed by atoms with Gasteiger partial charge < -0.3 is 14.6 Å². The number of aldehydes is 1. The van der Waals surface area contributed by atoms with Gasteiger partial charge in [-0.1, -0.05) is 0 Å². The van der Waals surface area contributed by atoms with Crippen molar-refractivity contribution in [3.63, 3.8) is 0 Å². The fourth-order valence-corrected chi connectivity index (χ4v) is 1.30. The fourth-order valence-electron chi connectivity index (χ4n) is 1.30. The average molecular weight is 158 g/mol. The molecule has 0 saturated carbocycles. The number of ether oxygens (including phenoxy) is 1. The van der Waals surface area contributed by atoms with Gasteiger partial charge in [0.15, 0.2) is 0 Å². The van der Waals surface area contributed by atoms with E-state index in [1.54, 1.807) is 0 Å². The third-order valence-corrected chi connectivity index (χ3v) is 2.13. The Bertz CT molecular complexity index is 125. The summed E-state index contributed by atoms with van der Waals surface area (Å²) in [6.07, 6.45) is 3.15. The maximum Gasteiger partial charge on any atom is 0.148 e. The van der Waals surface area contributed by atoms with Crippen LogP contribution < -0.4 is 0 Å². The van der Waals surface area contributed by atoms with Crippen LogP contribution in [0.25, 0.3) is 0 Å². The van der Waals surface area contributed by atoms with Gasteiger partial charge in [-0.15, -0.1) is 0 Å². The van der Waals surface area contributed by atoms with Crippen LogP contribution in [-0.2, 0) is 9.53 Å². The lowest BCUT2D eigenvalue weighted by Crippen LogP contribution is -2.12. The second kappa shape index (κ2) is 4.46. The van der Waals surface area contributed by atoms with Crippen molar-refractivity contribution in [2.45, 2.75) is 25.4 Å². The molecule has 1 aliphatic rings. The van der Waals surface area contributed by atoms with Gasteiger partial charge in [-0.2, -0.15) is 0 Å². The minimum absolute atomic E-state index is 0.217. The Kier molecular flexibility index (Phi) is 3.52. The van der Waals surface area contributed by atoms with Crippen molar-refractivity contribution in [1.82, 2.24) is 0 Å². The highest BCUT2D eigenvalue weighted by atomic mass is 16.5. The van der Waals surface area contributed by atoms with Crippen molar-refractivity contribution in [1.29, 1.82) is 0 Å². The second-order valence-electron chi connectivity index (χ2n) is 2.96. The number of hydrogen-bond donors (Lipinski definition) is 1. The smallest absolute Gasteiger partial charge is 0.148 e. The molecule has 0 radical (unpaired) electrons. The summed E-state index contributed by atoms with van der Waals surface area (Å²) in [5.41, 5.74) is 0. The molecule has 1 N–H and O–H groups in total. The van der Waals surface area contributed by atoms with Crippen LogP contribution in [0.1, 0.15) is 19.3 Å². The van der Waals surface area contributed by atoms with E-state index >= 15 is 0 Å². The molecule has 0 amide bonds. The number of carbonyl (C=O) groups excluding carboxylic acids is 1. The lowest BCUT2D eigenvalue weighted by Gasteiger charge is -2.07. The number of aliphatic hydroxyl groups is 1. The third kappa shape index (κ3) is 2.60. The molecule has 1 saturated heterocycles. The van der Waals surface area contributed by atoms with Gasteiger partial charge in [-0.05, 0) is 25.2 Å². The van der Waals surface area contributed by atoms with Crippen molar-refractivity contribution >= 4 is 6.29 Å². The lowest BCUT2D eigenvalue weighted by atomic mass is 10.0. The summed E-state index contributed by atoms with van der Waals surface area (Å²) in [5, 5.41) is 8.83. The minimum atomic E-state index is -0.230. The lowest BCUT2D eigenvalue weighted by molar-refractivity contribution is -0.117. The fraction of sp³-hybridized carbons (Fsp3) is 0.875. The molecule has 1 rings (SSSR count). The summed E-state index contributed by atoms with van der Waals surface area (Å²) in [5.74, 6) is 0.333. The summed E-state index contributed by atoms with van der Waals surface area (Å²) in [6.45, 7) is 0.823. The number of aliphatic hydroxyl groups excluding tert-OH is 1. The molecular weight excluding hydrogens is 144 g/mol. The summed E-state index contributed by atoms with van der Waals surface area (Å²) in [7, 11) is 0. The quantitative estimate of drug-likeness (QED) is 0.590. The normalized spacial score (nSPS) is 32.8. The Balaban J connectivity index is 2.32. The Labute approximate surface area is 66.4 Å². The van der Waals surface area contributed by atoms with Crippen LogP contribution in [0.5, 0.6) is 0 Å². The Morgan fingerprint density at radius 3 is 2.91 bits per heavy atom. The van der Waals surface area contributed by atoms with Crippen LogP contribution >= 0.6 is 0 Å². The summed E-state index contributed by atoms with van der Waals surface area (Å²) in [4.78, 5) is 10.3. The van der Waals surface area contributed by atoms with Crippen LogP contribution in [0, 0.1) is 5.92 Å². The van der Waals surface area contributed by atoms with E-state index in [0.717, 1.165) is 25.5 Å². The Hall–Kier alpha value is -0.410. The van der Waals surface area contributed by atoms with E-state index in [1.165, 1.54) is 0 Å². The monoisotopic (exact) mass is 158 g/mol. The molecule has 64 valence electrons. The van der Waals surface area contributed by atoms with Crippen molar-refractivity contribution in [2.24, 2.45) is 5.92 Å². The third-order valence-electron chi connectivity index (χ3n) is 2.13. The van der Waals surface area contributed by atoms with Gasteiger partial charge in [-0.3, -0.25) is 0 Å². The highest BCUT2D eigenvalue weighted by Crippen LogP contribution is 2.17. The molecule has 3 heteroatoms. The highest BCUT2D eigenvalue weighted by molar-refractivity contribution is 5.55. The first-order valence-corrected chi connectivity index (χ1v) is 4.04. The predicted molar refractivity (Wildman–Crippen MR) is 40.2 cm³/mol. The molecule has 2 atom stereocenters. The average Bonchev–Trinajstić information content (AvgIpc) is 2.28. The van der Waals surface area contributed by atoms with Crippen molar-refractivity contribution in [3.8, 4) is 0 Å². The van der Waals surface area contributed by atoms with Gasteiger partial charge in [0.1, 0.15) is 12.4 Å². The Morgan fingerprint density at radius 2 is 2.27 bits per heavy atom. The van der Waals surface area contributed by atoms with E-state index in [1.807, 2.05) is 0 Å². The second-order valence-corrected chi connectivity index (χ2v) is 2.96. The maximum absolute atomic E-state index is 10.3. The van der Waals surface area contributed by atoms with Gasteiger partial charge in [0.2, 0.25) is 0 Å².